The van der Waals surface area contributed by atoms with Crippen molar-refractivity contribution in [3.63, 3.8) is 0 Å². The molecule has 1 unspecified atom stereocenters. The topological polar surface area (TPSA) is 72.8 Å². The Bertz CT molecular complexity index is 221. The van der Waals surface area contributed by atoms with Crippen LogP contribution in [0.5, 0.6) is 0 Å². The van der Waals surface area contributed by atoms with Crippen LogP contribution in [0.4, 0.5) is 0 Å². The highest BCUT2D eigenvalue weighted by Crippen LogP contribution is 2.17. The second kappa shape index (κ2) is 3.57. The molecule has 60 valence electrons. The number of hydrogen-bond donors (Lipinski definition) is 1. The number of cyclic esters (lactones) is 1. The van der Waals surface area contributed by atoms with Gasteiger partial charge in [0.2, 0.25) is 0 Å². The van der Waals surface area contributed by atoms with Gasteiger partial charge in [0.15, 0.2) is 0 Å². The lowest BCUT2D eigenvalue weighted by Gasteiger charge is -1.90. The number of carbonyl (C=O) groups is 1. The fourth-order valence-corrected chi connectivity index (χ4v) is 0.912. The highest BCUT2D eigenvalue weighted by Gasteiger charge is 2.18. The summed E-state index contributed by atoms with van der Waals surface area (Å²) in [6.07, 6.45) is 1.25. The number of carbonyl (C=O) groups excluding carboxylic acids is 1. The third kappa shape index (κ3) is 2.76. The molecule has 0 aromatic heterocycles. The van der Waals surface area contributed by atoms with Crippen molar-refractivity contribution in [3.05, 3.63) is 11.6 Å². The monoisotopic (exact) mass is 177 g/mol. The SMILES string of the molecule is O=C1C=C(CO[P+](=O)O)CO1. The molecular weight excluding hydrogens is 171 g/mol. The van der Waals surface area contributed by atoms with Gasteiger partial charge in [-0.2, -0.15) is 0 Å². The molecule has 0 saturated heterocycles. The van der Waals surface area contributed by atoms with Crippen LogP contribution in [0.15, 0.2) is 11.6 Å². The normalized spacial score (nSPS) is 17.7. The fraction of sp³-hybridized carbons (Fsp3) is 0.400. The van der Waals surface area contributed by atoms with Gasteiger partial charge in [0.05, 0.1) is 0 Å². The summed E-state index contributed by atoms with van der Waals surface area (Å²) >= 11 is 0. The zero-order valence-corrected chi connectivity index (χ0v) is 6.41. The van der Waals surface area contributed by atoms with Crippen molar-refractivity contribution in [2.24, 2.45) is 0 Å². The first kappa shape index (κ1) is 8.33. The lowest BCUT2D eigenvalue weighted by Crippen LogP contribution is -1.95. The first-order valence-corrected chi connectivity index (χ1v) is 3.97. The summed E-state index contributed by atoms with van der Waals surface area (Å²) in [5.41, 5.74) is 0.576. The number of esters is 1. The molecule has 0 fully saturated rings. The standard InChI is InChI=1S/C5H5O5P/c6-5-1-4(2-9-5)3-10-11(7)8/h1H,2-3H2/p+1. The van der Waals surface area contributed by atoms with Gasteiger partial charge >= 0.3 is 14.2 Å². The van der Waals surface area contributed by atoms with Gasteiger partial charge in [0.1, 0.15) is 13.2 Å². The molecule has 0 bridgehead atoms. The lowest BCUT2D eigenvalue weighted by atomic mass is 10.3. The molecule has 1 aliphatic rings. The first-order chi connectivity index (χ1) is 5.18. The number of ether oxygens (including phenoxy) is 1. The van der Waals surface area contributed by atoms with Gasteiger partial charge < -0.3 is 4.74 Å². The van der Waals surface area contributed by atoms with Gasteiger partial charge in [-0.05, 0) is 0 Å². The predicted octanol–water partition coefficient (Wildman–Crippen LogP) is 0.136. The summed E-state index contributed by atoms with van der Waals surface area (Å²) in [5, 5.41) is 0. The number of hydrogen-bond acceptors (Lipinski definition) is 4. The third-order valence-corrected chi connectivity index (χ3v) is 1.43. The molecule has 0 aliphatic carbocycles. The Hall–Kier alpha value is -0.770. The van der Waals surface area contributed by atoms with Crippen molar-refractivity contribution in [2.45, 2.75) is 0 Å². The van der Waals surface area contributed by atoms with Crippen molar-refractivity contribution in [3.8, 4) is 0 Å². The largest absolute Gasteiger partial charge is 0.695 e. The Morgan fingerprint density at radius 2 is 2.55 bits per heavy atom. The van der Waals surface area contributed by atoms with Crippen molar-refractivity contribution in [1.82, 2.24) is 0 Å². The second-order valence-corrected chi connectivity index (χ2v) is 2.66. The van der Waals surface area contributed by atoms with E-state index >= 15 is 0 Å². The average Bonchev–Trinajstić information content (AvgIpc) is 2.31. The maximum absolute atomic E-state index is 10.4. The van der Waals surface area contributed by atoms with E-state index in [0.717, 1.165) is 0 Å². The van der Waals surface area contributed by atoms with E-state index in [2.05, 4.69) is 9.26 Å². The lowest BCUT2D eigenvalue weighted by molar-refractivity contribution is -0.134. The van der Waals surface area contributed by atoms with E-state index in [0.29, 0.717) is 5.57 Å². The van der Waals surface area contributed by atoms with Crippen LogP contribution in [0.1, 0.15) is 0 Å². The molecule has 0 spiro atoms. The van der Waals surface area contributed by atoms with E-state index in [4.69, 9.17) is 4.89 Å². The molecule has 6 heteroatoms. The van der Waals surface area contributed by atoms with E-state index in [1.165, 1.54) is 6.08 Å². The quantitative estimate of drug-likeness (QED) is 0.490. The first-order valence-electron chi connectivity index (χ1n) is 2.84. The van der Waals surface area contributed by atoms with Crippen molar-refractivity contribution in [1.29, 1.82) is 0 Å². The minimum Gasteiger partial charge on any atom is -0.458 e. The molecule has 0 saturated carbocycles. The molecule has 0 amide bonds. The fourth-order valence-electron chi connectivity index (χ4n) is 0.635. The molecule has 1 N–H and O–H groups in total. The molecule has 11 heavy (non-hydrogen) atoms. The summed E-state index contributed by atoms with van der Waals surface area (Å²) in [6.45, 7) is 0.124. The van der Waals surface area contributed by atoms with Gasteiger partial charge in [-0.15, -0.1) is 9.42 Å². The Labute approximate surface area is 63.6 Å². The van der Waals surface area contributed by atoms with Gasteiger partial charge in [0, 0.05) is 16.2 Å². The van der Waals surface area contributed by atoms with E-state index in [1.54, 1.807) is 0 Å². The second-order valence-electron chi connectivity index (χ2n) is 1.92. The maximum Gasteiger partial charge on any atom is 0.695 e. The average molecular weight is 177 g/mol. The minimum atomic E-state index is -2.59. The summed E-state index contributed by atoms with van der Waals surface area (Å²) < 4.78 is 18.9. The van der Waals surface area contributed by atoms with Crippen LogP contribution in [-0.4, -0.2) is 24.1 Å². The van der Waals surface area contributed by atoms with E-state index in [9.17, 15) is 9.36 Å². The smallest absolute Gasteiger partial charge is 0.458 e. The molecule has 1 heterocycles. The summed E-state index contributed by atoms with van der Waals surface area (Å²) in [6, 6.07) is 0. The Morgan fingerprint density at radius 3 is 3.00 bits per heavy atom. The summed E-state index contributed by atoms with van der Waals surface area (Å²) in [5.74, 6) is -0.434. The molecular formula is C5H6O5P+. The van der Waals surface area contributed by atoms with E-state index in [1.807, 2.05) is 0 Å². The van der Waals surface area contributed by atoms with Crippen molar-refractivity contribution < 1.29 is 23.5 Å². The molecule has 1 atom stereocenters. The van der Waals surface area contributed by atoms with Crippen LogP contribution in [0, 0.1) is 0 Å². The minimum absolute atomic E-state index is 0.0303. The van der Waals surface area contributed by atoms with Gasteiger partial charge in [0.25, 0.3) is 0 Å². The molecule has 5 nitrogen and oxygen atoms in total. The Morgan fingerprint density at radius 1 is 1.82 bits per heavy atom. The van der Waals surface area contributed by atoms with Crippen molar-refractivity contribution >= 4 is 14.2 Å². The highest BCUT2D eigenvalue weighted by atomic mass is 31.1. The molecule has 0 aromatic carbocycles. The van der Waals surface area contributed by atoms with E-state index in [-0.39, 0.29) is 13.2 Å². The summed E-state index contributed by atoms with van der Waals surface area (Å²) in [7, 11) is -2.59. The summed E-state index contributed by atoms with van der Waals surface area (Å²) in [4.78, 5) is 18.6. The van der Waals surface area contributed by atoms with Gasteiger partial charge in [-0.25, -0.2) is 4.79 Å². The highest BCUT2D eigenvalue weighted by molar-refractivity contribution is 7.32. The Balaban J connectivity index is 2.33. The predicted molar refractivity (Wildman–Crippen MR) is 34.8 cm³/mol. The van der Waals surface area contributed by atoms with Gasteiger partial charge in [-0.3, -0.25) is 0 Å². The van der Waals surface area contributed by atoms with Crippen LogP contribution in [0.25, 0.3) is 0 Å². The van der Waals surface area contributed by atoms with Crippen LogP contribution in [0.2, 0.25) is 0 Å². The third-order valence-electron chi connectivity index (χ3n) is 1.08. The van der Waals surface area contributed by atoms with Crippen molar-refractivity contribution in [2.75, 3.05) is 13.2 Å². The zero-order chi connectivity index (χ0) is 8.27. The Kier molecular flexibility index (Phi) is 2.70. The maximum atomic E-state index is 10.4. The molecule has 0 radical (unpaired) electrons. The van der Waals surface area contributed by atoms with Gasteiger partial charge in [-0.1, -0.05) is 0 Å². The molecule has 0 aromatic rings. The molecule has 1 rings (SSSR count). The van der Waals surface area contributed by atoms with Crippen LogP contribution in [0.3, 0.4) is 0 Å². The van der Waals surface area contributed by atoms with E-state index < -0.39 is 14.2 Å². The van der Waals surface area contributed by atoms with Crippen LogP contribution >= 0.6 is 8.25 Å². The zero-order valence-electron chi connectivity index (χ0n) is 5.52. The number of rotatable bonds is 3. The van der Waals surface area contributed by atoms with Crippen LogP contribution < -0.4 is 0 Å². The van der Waals surface area contributed by atoms with Crippen LogP contribution in [-0.2, 0) is 18.6 Å². The molecule has 1 aliphatic heterocycles.